The maximum atomic E-state index is 13.1. The molecule has 0 radical (unpaired) electrons. The highest BCUT2D eigenvalue weighted by Crippen LogP contribution is 2.48. The van der Waals surface area contributed by atoms with Crippen molar-refractivity contribution in [3.63, 3.8) is 0 Å². The van der Waals surface area contributed by atoms with Crippen LogP contribution in [0.4, 0.5) is 0 Å². The summed E-state index contributed by atoms with van der Waals surface area (Å²) in [4.78, 5) is 13.1. The number of esters is 1. The zero-order valence-corrected chi connectivity index (χ0v) is 22.6. The number of fused-ring (bicyclic) bond motifs is 1. The first-order chi connectivity index (χ1) is 19.5. The molecule has 0 saturated heterocycles. The lowest BCUT2D eigenvalue weighted by Gasteiger charge is -2.50. The number of phenols is 5. The van der Waals surface area contributed by atoms with E-state index in [9.17, 15) is 45.6 Å². The van der Waals surface area contributed by atoms with Gasteiger partial charge in [0.05, 0.1) is 17.3 Å². The quantitative estimate of drug-likeness (QED) is 0.197. The molecule has 2 aromatic rings. The van der Waals surface area contributed by atoms with Crippen molar-refractivity contribution < 1.29 is 55.1 Å². The van der Waals surface area contributed by atoms with Crippen LogP contribution in [0.2, 0.25) is 0 Å². The molecule has 0 bridgehead atoms. The Kier molecular flexibility index (Phi) is 8.13. The van der Waals surface area contributed by atoms with Crippen LogP contribution in [0.5, 0.6) is 34.5 Å². The fourth-order valence-corrected chi connectivity index (χ4v) is 6.91. The van der Waals surface area contributed by atoms with Gasteiger partial charge < -0.3 is 50.3 Å². The van der Waals surface area contributed by atoms with Crippen LogP contribution in [0, 0.1) is 11.8 Å². The summed E-state index contributed by atoms with van der Waals surface area (Å²) in [5, 5.41) is 83.9. The second kappa shape index (κ2) is 11.5. The van der Waals surface area contributed by atoms with Gasteiger partial charge in [-0.1, -0.05) is 32.1 Å². The van der Waals surface area contributed by atoms with Gasteiger partial charge in [0.2, 0.25) is 0 Å². The highest BCUT2D eigenvalue weighted by atomic mass is 16.6. The largest absolute Gasteiger partial charge is 0.508 e. The molecule has 2 aliphatic carbocycles. The Morgan fingerprint density at radius 3 is 2.17 bits per heavy atom. The molecule has 0 aromatic heterocycles. The van der Waals surface area contributed by atoms with E-state index in [1.165, 1.54) is 6.07 Å². The van der Waals surface area contributed by atoms with Crippen molar-refractivity contribution in [2.45, 2.75) is 94.2 Å². The average Bonchev–Trinajstić information content (AvgIpc) is 2.89. The first kappa shape index (κ1) is 29.1. The van der Waals surface area contributed by atoms with E-state index in [1.807, 2.05) is 0 Å². The lowest BCUT2D eigenvalue weighted by molar-refractivity contribution is -0.205. The molecule has 8 N–H and O–H groups in total. The molecular weight excluding hydrogens is 536 g/mol. The van der Waals surface area contributed by atoms with Crippen molar-refractivity contribution in [3.8, 4) is 34.5 Å². The summed E-state index contributed by atoms with van der Waals surface area (Å²) in [5.41, 5.74) is -1.57. The minimum Gasteiger partial charge on any atom is -0.508 e. The van der Waals surface area contributed by atoms with Gasteiger partial charge in [-0.25, -0.2) is 4.79 Å². The molecule has 41 heavy (non-hydrogen) atoms. The van der Waals surface area contributed by atoms with Crippen LogP contribution >= 0.6 is 0 Å². The molecular formula is C30H38O11. The Labute approximate surface area is 237 Å². The van der Waals surface area contributed by atoms with Crippen molar-refractivity contribution in [2.24, 2.45) is 11.8 Å². The van der Waals surface area contributed by atoms with E-state index in [0.29, 0.717) is 12.8 Å². The number of aliphatic hydroxyl groups excluding tert-OH is 2. The molecule has 0 amide bonds. The van der Waals surface area contributed by atoms with E-state index in [-0.39, 0.29) is 53.6 Å². The van der Waals surface area contributed by atoms with Crippen LogP contribution in [0.1, 0.15) is 73.7 Å². The number of aromatic hydroxyl groups is 5. The number of hydrogen-bond acceptors (Lipinski definition) is 11. The lowest BCUT2D eigenvalue weighted by Crippen LogP contribution is -2.62. The van der Waals surface area contributed by atoms with Gasteiger partial charge in [0.1, 0.15) is 35.6 Å². The van der Waals surface area contributed by atoms with Gasteiger partial charge in [0.25, 0.3) is 0 Å². The molecule has 2 aromatic carbocycles. The summed E-state index contributed by atoms with van der Waals surface area (Å²) in [5.74, 6) is -4.38. The molecule has 6 atom stereocenters. The van der Waals surface area contributed by atoms with Crippen LogP contribution in [-0.4, -0.2) is 76.8 Å². The van der Waals surface area contributed by atoms with E-state index in [4.69, 9.17) is 9.47 Å². The monoisotopic (exact) mass is 574 g/mol. The maximum Gasteiger partial charge on any atom is 0.338 e. The van der Waals surface area contributed by atoms with E-state index in [2.05, 4.69) is 0 Å². The molecule has 1 heterocycles. The molecule has 11 heteroatoms. The van der Waals surface area contributed by atoms with Crippen molar-refractivity contribution in [1.82, 2.24) is 0 Å². The Morgan fingerprint density at radius 1 is 0.878 bits per heavy atom. The SMILES string of the molecule is O=C(O[C@H]1Cc2c(O)cc(O)cc2O[C@H]1C1CC(O)C(O)C(O)(C2CCCCCCC2)C1)c1cc(O)c(O)c(O)c1. The smallest absolute Gasteiger partial charge is 0.338 e. The first-order valence-corrected chi connectivity index (χ1v) is 14.2. The third-order valence-electron chi connectivity index (χ3n) is 9.06. The van der Waals surface area contributed by atoms with Crippen molar-refractivity contribution in [1.29, 1.82) is 0 Å². The number of hydrogen-bond donors (Lipinski definition) is 8. The fourth-order valence-electron chi connectivity index (χ4n) is 6.91. The molecule has 3 aliphatic rings. The molecule has 224 valence electrons. The Balaban J connectivity index is 1.47. The standard InChI is InChI=1S/C30H38O11/c31-18-11-20(32)19-13-25(41-29(38)15-8-21(33)26(36)22(34)9-15)27(40-24(19)12-18)16-10-23(35)28(37)30(39,14-16)17-6-4-2-1-3-5-7-17/h8-9,11-12,16-17,23,25,27-28,31-37,39H,1-7,10,13-14H2/t16?,23?,25-,27-,28?,30?/m0/s1. The predicted octanol–water partition coefficient (Wildman–Crippen LogP) is 2.97. The Bertz CT molecular complexity index is 1250. The summed E-state index contributed by atoms with van der Waals surface area (Å²) in [6.45, 7) is 0. The van der Waals surface area contributed by atoms with Gasteiger partial charge in [-0.3, -0.25) is 0 Å². The van der Waals surface area contributed by atoms with Gasteiger partial charge in [-0.05, 0) is 43.7 Å². The number of carbonyl (C=O) groups is 1. The summed E-state index contributed by atoms with van der Waals surface area (Å²) < 4.78 is 12.0. The number of benzene rings is 2. The summed E-state index contributed by atoms with van der Waals surface area (Å²) in [6.07, 6.45) is 1.82. The summed E-state index contributed by atoms with van der Waals surface area (Å²) in [7, 11) is 0. The van der Waals surface area contributed by atoms with Gasteiger partial charge in [0.15, 0.2) is 17.2 Å². The van der Waals surface area contributed by atoms with E-state index in [1.54, 1.807) is 0 Å². The molecule has 4 unspecified atom stereocenters. The van der Waals surface area contributed by atoms with Gasteiger partial charge in [-0.2, -0.15) is 0 Å². The molecule has 2 saturated carbocycles. The van der Waals surface area contributed by atoms with Crippen LogP contribution in [0.3, 0.4) is 0 Å². The molecule has 2 fully saturated rings. The van der Waals surface area contributed by atoms with Crippen molar-refractivity contribution in [3.05, 3.63) is 35.4 Å². The van der Waals surface area contributed by atoms with Crippen molar-refractivity contribution in [2.75, 3.05) is 0 Å². The molecule has 5 rings (SSSR count). The summed E-state index contributed by atoms with van der Waals surface area (Å²) >= 11 is 0. The second-order valence-electron chi connectivity index (χ2n) is 11.8. The minimum atomic E-state index is -1.60. The number of rotatable bonds is 4. The molecule has 0 spiro atoms. The highest BCUT2D eigenvalue weighted by Gasteiger charge is 2.54. The van der Waals surface area contributed by atoms with E-state index >= 15 is 0 Å². The number of aliphatic hydroxyl groups is 3. The first-order valence-electron chi connectivity index (χ1n) is 14.2. The molecule has 11 nitrogen and oxygen atoms in total. The van der Waals surface area contributed by atoms with E-state index in [0.717, 1.165) is 50.3 Å². The highest BCUT2D eigenvalue weighted by molar-refractivity contribution is 5.91. The zero-order valence-electron chi connectivity index (χ0n) is 22.6. The third-order valence-corrected chi connectivity index (χ3v) is 9.06. The van der Waals surface area contributed by atoms with Gasteiger partial charge >= 0.3 is 5.97 Å². The summed E-state index contributed by atoms with van der Waals surface area (Å²) in [6, 6.07) is 4.33. The average molecular weight is 575 g/mol. The van der Waals surface area contributed by atoms with Crippen LogP contribution in [0.25, 0.3) is 0 Å². The topological polar surface area (TPSA) is 197 Å². The van der Waals surface area contributed by atoms with Crippen molar-refractivity contribution >= 4 is 5.97 Å². The van der Waals surface area contributed by atoms with Crippen LogP contribution < -0.4 is 4.74 Å². The van der Waals surface area contributed by atoms with Gasteiger partial charge in [0, 0.05) is 30.0 Å². The predicted molar refractivity (Wildman–Crippen MR) is 144 cm³/mol. The normalized spacial score (nSPS) is 30.9. The fraction of sp³-hybridized carbons (Fsp3) is 0.567. The number of ether oxygens (including phenoxy) is 2. The Hall–Kier alpha value is -3.41. The lowest BCUT2D eigenvalue weighted by atomic mass is 9.63. The van der Waals surface area contributed by atoms with Crippen LogP contribution in [-0.2, 0) is 11.2 Å². The number of carbonyl (C=O) groups excluding carboxylic acids is 1. The molecule has 1 aliphatic heterocycles. The van der Waals surface area contributed by atoms with Gasteiger partial charge in [-0.15, -0.1) is 0 Å². The third kappa shape index (κ3) is 5.71. The zero-order chi connectivity index (χ0) is 29.5. The number of phenolic OH excluding ortho intramolecular Hbond substituents is 5. The van der Waals surface area contributed by atoms with E-state index < -0.39 is 59.2 Å². The van der Waals surface area contributed by atoms with Crippen LogP contribution in [0.15, 0.2) is 24.3 Å². The second-order valence-corrected chi connectivity index (χ2v) is 11.8. The Morgan fingerprint density at radius 2 is 1.51 bits per heavy atom. The minimum absolute atomic E-state index is 0.0368. The maximum absolute atomic E-state index is 13.1.